The van der Waals surface area contributed by atoms with Gasteiger partial charge in [0, 0.05) is 42.5 Å². The van der Waals surface area contributed by atoms with Crippen molar-refractivity contribution in [1.82, 2.24) is 25.2 Å². The first kappa shape index (κ1) is 27.3. The summed E-state index contributed by atoms with van der Waals surface area (Å²) in [5.74, 6) is -3.01. The summed E-state index contributed by atoms with van der Waals surface area (Å²) in [4.78, 5) is 18.1. The van der Waals surface area contributed by atoms with Crippen molar-refractivity contribution in [3.8, 4) is 28.9 Å². The number of aromatic nitrogens is 3. The lowest BCUT2D eigenvalue weighted by Gasteiger charge is -2.40. The maximum absolute atomic E-state index is 16.8. The van der Waals surface area contributed by atoms with E-state index < -0.39 is 29.2 Å². The van der Waals surface area contributed by atoms with Gasteiger partial charge >= 0.3 is 6.01 Å². The molecule has 234 valence electrons. The summed E-state index contributed by atoms with van der Waals surface area (Å²) in [6.45, 7) is 2.14. The lowest BCUT2D eigenvalue weighted by Crippen LogP contribution is -2.60. The Labute approximate surface area is 255 Å². The number of nitrogens with zero attached hydrogens (tertiary/aromatic N) is 5. The number of ether oxygens (including phenoxy) is 2. The molecule has 2 aromatic heterocycles. The van der Waals surface area contributed by atoms with Crippen molar-refractivity contribution in [2.75, 3.05) is 37.7 Å². The van der Waals surface area contributed by atoms with Gasteiger partial charge in [-0.3, -0.25) is 4.90 Å². The van der Waals surface area contributed by atoms with Gasteiger partial charge in [0.25, 0.3) is 0 Å². The van der Waals surface area contributed by atoms with Gasteiger partial charge in [-0.2, -0.15) is 9.97 Å². The minimum atomic E-state index is -1.19. The molecule has 0 aliphatic carbocycles. The molecule has 0 amide bonds. The highest BCUT2D eigenvalue weighted by Gasteiger charge is 2.50. The average molecular weight is 623 g/mol. The summed E-state index contributed by atoms with van der Waals surface area (Å²) >= 11 is 0. The monoisotopic (exact) mass is 622 g/mol. The Bertz CT molecular complexity index is 1900. The lowest BCUT2D eigenvalue weighted by atomic mass is 9.95. The molecule has 0 saturated carbocycles. The van der Waals surface area contributed by atoms with Crippen molar-refractivity contribution in [2.45, 2.75) is 61.9 Å². The van der Waals surface area contributed by atoms with E-state index in [-0.39, 0.29) is 81.9 Å². The van der Waals surface area contributed by atoms with E-state index in [0.717, 1.165) is 44.4 Å². The molecule has 4 saturated heterocycles. The molecule has 9 rings (SSSR count). The second-order valence-corrected chi connectivity index (χ2v) is 13.0. The molecule has 2 aromatic carbocycles. The number of phenolic OH excluding ortho intramolecular Hbond substituents is 1. The van der Waals surface area contributed by atoms with Crippen molar-refractivity contribution >= 4 is 27.5 Å². The van der Waals surface area contributed by atoms with Crippen LogP contribution >= 0.6 is 0 Å². The van der Waals surface area contributed by atoms with Gasteiger partial charge < -0.3 is 24.8 Å². The van der Waals surface area contributed by atoms with E-state index in [4.69, 9.17) is 14.5 Å². The van der Waals surface area contributed by atoms with Crippen LogP contribution in [0.15, 0.2) is 24.3 Å². The Kier molecular flexibility index (Phi) is 5.93. The van der Waals surface area contributed by atoms with E-state index in [9.17, 15) is 13.9 Å². The number of fused-ring (bicyclic) bond motifs is 7. The topological polar surface area (TPSA) is 95.9 Å². The standard InChI is InChI=1S/C32H30F4N6O3/c33-16-10-32(6-1-7-41(32)11-16)14-45-31-39-28-24-29(40-31)42-12-17-3-5-21(37-17)22(42)13-44-30(24)38-27(26(28)36)19-9-18(43)8-15-2-4-20(34)25(35)23(15)19/h2,4,8-9,16-17,21-22,37,43H,1,3,5-7,10-14H2/t16-,17+,21-,22-,32-/m1/s1. The molecule has 2 N–H and O–H groups in total. The van der Waals surface area contributed by atoms with E-state index in [1.165, 1.54) is 12.1 Å². The van der Waals surface area contributed by atoms with Crippen LogP contribution in [-0.2, 0) is 0 Å². The predicted molar refractivity (Wildman–Crippen MR) is 157 cm³/mol. The molecule has 13 heteroatoms. The van der Waals surface area contributed by atoms with Crippen LogP contribution in [-0.4, -0.2) is 87.6 Å². The molecule has 7 heterocycles. The van der Waals surface area contributed by atoms with Gasteiger partial charge in [0.1, 0.15) is 47.5 Å². The molecule has 0 spiro atoms. The molecular formula is C32H30F4N6O3. The SMILES string of the molecule is Oc1cc(-c2nc3c4c(nc(OC[C@]56CCCN5C[C@H](F)C6)nc4c2F)N2C[C@@H]4CC[C@@H](N4)[C@H]2CO3)c2c(F)c(F)ccc2c1. The van der Waals surface area contributed by atoms with Crippen LogP contribution in [0.2, 0.25) is 0 Å². The maximum Gasteiger partial charge on any atom is 0.319 e. The smallest absolute Gasteiger partial charge is 0.319 e. The number of nitrogens with one attached hydrogen (secondary N) is 1. The second kappa shape index (κ2) is 9.76. The van der Waals surface area contributed by atoms with E-state index in [0.29, 0.717) is 25.3 Å². The summed E-state index contributed by atoms with van der Waals surface area (Å²) in [5.41, 5.74) is -1.12. The molecule has 4 aromatic rings. The van der Waals surface area contributed by atoms with Crippen LogP contribution in [0.1, 0.15) is 32.1 Å². The second-order valence-electron chi connectivity index (χ2n) is 13.0. The highest BCUT2D eigenvalue weighted by molar-refractivity contribution is 6.02. The zero-order chi connectivity index (χ0) is 30.6. The van der Waals surface area contributed by atoms with Gasteiger partial charge in [-0.25, -0.2) is 22.5 Å². The fraction of sp³-hybridized carbons (Fsp3) is 0.469. The van der Waals surface area contributed by atoms with Crippen LogP contribution < -0.4 is 19.7 Å². The molecule has 5 aliphatic rings. The van der Waals surface area contributed by atoms with Gasteiger partial charge in [0.2, 0.25) is 5.88 Å². The Balaban J connectivity index is 1.24. The average Bonchev–Trinajstić information content (AvgIpc) is 3.65. The van der Waals surface area contributed by atoms with Crippen molar-refractivity contribution in [2.24, 2.45) is 0 Å². The normalized spacial score (nSPS) is 28.8. The largest absolute Gasteiger partial charge is 0.508 e. The third kappa shape index (κ3) is 4.09. The lowest BCUT2D eigenvalue weighted by molar-refractivity contribution is 0.107. The predicted octanol–water partition coefficient (Wildman–Crippen LogP) is 4.62. The Morgan fingerprint density at radius 2 is 1.96 bits per heavy atom. The maximum atomic E-state index is 16.8. The fourth-order valence-electron chi connectivity index (χ4n) is 8.38. The number of alkyl halides is 1. The van der Waals surface area contributed by atoms with Crippen LogP contribution in [0.25, 0.3) is 32.9 Å². The first-order chi connectivity index (χ1) is 21.8. The van der Waals surface area contributed by atoms with Crippen molar-refractivity contribution in [3.63, 3.8) is 0 Å². The third-order valence-electron chi connectivity index (χ3n) is 10.4. The minimum absolute atomic E-state index is 0.0538. The Morgan fingerprint density at radius 3 is 2.84 bits per heavy atom. The zero-order valence-corrected chi connectivity index (χ0v) is 24.2. The number of piperazine rings is 1. The number of pyridine rings is 1. The quantitative estimate of drug-likeness (QED) is 0.316. The molecule has 2 bridgehead atoms. The molecule has 9 nitrogen and oxygen atoms in total. The highest BCUT2D eigenvalue weighted by atomic mass is 19.2. The van der Waals surface area contributed by atoms with E-state index >= 15 is 8.78 Å². The van der Waals surface area contributed by atoms with E-state index in [1.54, 1.807) is 0 Å². The molecule has 5 aliphatic heterocycles. The summed E-state index contributed by atoms with van der Waals surface area (Å²) < 4.78 is 73.5. The van der Waals surface area contributed by atoms with Gasteiger partial charge in [-0.15, -0.1) is 0 Å². The number of benzene rings is 2. The Morgan fingerprint density at radius 1 is 1.07 bits per heavy atom. The molecule has 4 fully saturated rings. The van der Waals surface area contributed by atoms with Gasteiger partial charge in [0.05, 0.1) is 11.6 Å². The molecule has 5 atom stereocenters. The number of anilines is 1. The summed E-state index contributed by atoms with van der Waals surface area (Å²) in [5, 5.41) is 14.3. The van der Waals surface area contributed by atoms with E-state index in [2.05, 4.69) is 25.1 Å². The number of aromatic hydroxyl groups is 1. The van der Waals surface area contributed by atoms with Crippen LogP contribution in [0.4, 0.5) is 23.4 Å². The molecular weight excluding hydrogens is 592 g/mol. The van der Waals surface area contributed by atoms with Crippen molar-refractivity contribution in [3.05, 3.63) is 41.7 Å². The van der Waals surface area contributed by atoms with Gasteiger partial charge in [-0.05, 0) is 55.8 Å². The third-order valence-corrected chi connectivity index (χ3v) is 10.4. The number of halogens is 4. The van der Waals surface area contributed by atoms with Crippen LogP contribution in [0.5, 0.6) is 17.6 Å². The van der Waals surface area contributed by atoms with E-state index in [1.807, 2.05) is 0 Å². The van der Waals surface area contributed by atoms with Crippen molar-refractivity contribution < 1.29 is 32.1 Å². The number of hydrogen-bond acceptors (Lipinski definition) is 9. The Hall–Kier alpha value is -3.97. The van der Waals surface area contributed by atoms with Crippen LogP contribution in [0.3, 0.4) is 0 Å². The molecule has 45 heavy (non-hydrogen) atoms. The fourth-order valence-corrected chi connectivity index (χ4v) is 8.38. The van der Waals surface area contributed by atoms with Crippen molar-refractivity contribution in [1.29, 1.82) is 0 Å². The molecule has 0 radical (unpaired) electrons. The molecule has 0 unspecified atom stereocenters. The number of rotatable bonds is 4. The number of phenols is 1. The van der Waals surface area contributed by atoms with Gasteiger partial charge in [0.15, 0.2) is 17.5 Å². The minimum Gasteiger partial charge on any atom is -0.508 e. The first-order valence-corrected chi connectivity index (χ1v) is 15.5. The number of hydrogen-bond donors (Lipinski definition) is 2. The first-order valence-electron chi connectivity index (χ1n) is 15.5. The summed E-state index contributed by atoms with van der Waals surface area (Å²) in [7, 11) is 0. The van der Waals surface area contributed by atoms with Crippen LogP contribution in [0, 0.1) is 17.5 Å². The summed E-state index contributed by atoms with van der Waals surface area (Å²) in [6.07, 6.45) is 3.06. The summed E-state index contributed by atoms with van der Waals surface area (Å²) in [6, 6.07) is 4.83. The highest BCUT2D eigenvalue weighted by Crippen LogP contribution is 2.45. The zero-order valence-electron chi connectivity index (χ0n) is 24.2. The van der Waals surface area contributed by atoms with Gasteiger partial charge in [-0.1, -0.05) is 6.07 Å².